The number of carbonyl (C=O) groups excluding carboxylic acids is 3. The maximum Gasteiger partial charge on any atom is 0.246 e. The van der Waals surface area contributed by atoms with E-state index in [1.54, 1.807) is 23.5 Å². The molecule has 200 valence electrons. The van der Waals surface area contributed by atoms with Crippen molar-refractivity contribution in [3.63, 3.8) is 0 Å². The van der Waals surface area contributed by atoms with E-state index in [-0.39, 0.29) is 35.6 Å². The number of primary sulfonamides is 1. The number of carbonyl (C=O) groups is 3. The Balaban J connectivity index is 1.40. The highest BCUT2D eigenvalue weighted by molar-refractivity contribution is 7.89. The number of nitrogens with one attached hydrogen (secondary N) is 1. The molecule has 1 saturated heterocycles. The Labute approximate surface area is 226 Å². The summed E-state index contributed by atoms with van der Waals surface area (Å²) in [5.41, 5.74) is 1.74. The van der Waals surface area contributed by atoms with E-state index in [2.05, 4.69) is 5.32 Å². The van der Waals surface area contributed by atoms with Gasteiger partial charge in [-0.05, 0) is 47.5 Å². The van der Waals surface area contributed by atoms with Crippen LogP contribution in [0.5, 0.6) is 0 Å². The fraction of sp³-hybridized carbons (Fsp3) is 0.296. The summed E-state index contributed by atoms with van der Waals surface area (Å²) in [6.07, 6.45) is 0.947. The zero-order valence-electron chi connectivity index (χ0n) is 20.8. The van der Waals surface area contributed by atoms with Crippen molar-refractivity contribution in [2.45, 2.75) is 36.7 Å². The molecular formula is C27H30N4O5S2. The molecular weight excluding hydrogens is 524 g/mol. The number of piperazine rings is 1. The van der Waals surface area contributed by atoms with Crippen LogP contribution < -0.4 is 10.5 Å². The number of benzene rings is 2. The monoisotopic (exact) mass is 554 g/mol. The van der Waals surface area contributed by atoms with E-state index in [4.69, 9.17) is 5.14 Å². The molecule has 38 heavy (non-hydrogen) atoms. The van der Waals surface area contributed by atoms with E-state index in [0.29, 0.717) is 32.5 Å². The minimum absolute atomic E-state index is 0.0217. The predicted molar refractivity (Wildman–Crippen MR) is 145 cm³/mol. The van der Waals surface area contributed by atoms with Crippen LogP contribution in [0.3, 0.4) is 0 Å². The Bertz CT molecular complexity index is 1360. The van der Waals surface area contributed by atoms with Gasteiger partial charge in [-0.25, -0.2) is 13.6 Å². The summed E-state index contributed by atoms with van der Waals surface area (Å²) < 4.78 is 22.8. The van der Waals surface area contributed by atoms with Crippen LogP contribution in [-0.2, 0) is 43.8 Å². The van der Waals surface area contributed by atoms with E-state index in [1.807, 2.05) is 47.8 Å². The highest BCUT2D eigenvalue weighted by atomic mass is 32.2. The van der Waals surface area contributed by atoms with Crippen molar-refractivity contribution in [1.82, 2.24) is 15.1 Å². The van der Waals surface area contributed by atoms with Crippen molar-refractivity contribution in [2.75, 3.05) is 19.6 Å². The first-order valence-electron chi connectivity index (χ1n) is 12.2. The molecule has 1 unspecified atom stereocenters. The number of nitrogens with two attached hydrogens (primary N) is 1. The van der Waals surface area contributed by atoms with Gasteiger partial charge < -0.3 is 15.1 Å². The molecule has 9 nitrogen and oxygen atoms in total. The zero-order valence-corrected chi connectivity index (χ0v) is 22.4. The van der Waals surface area contributed by atoms with Crippen LogP contribution in [0.1, 0.15) is 22.4 Å². The van der Waals surface area contributed by atoms with E-state index in [0.717, 1.165) is 16.0 Å². The van der Waals surface area contributed by atoms with Crippen LogP contribution >= 0.6 is 11.3 Å². The van der Waals surface area contributed by atoms with Crippen molar-refractivity contribution < 1.29 is 22.8 Å². The Morgan fingerprint density at radius 2 is 1.71 bits per heavy atom. The van der Waals surface area contributed by atoms with E-state index in [1.165, 1.54) is 21.9 Å². The third-order valence-corrected chi connectivity index (χ3v) is 8.25. The maximum absolute atomic E-state index is 13.5. The van der Waals surface area contributed by atoms with E-state index >= 15 is 0 Å². The van der Waals surface area contributed by atoms with Gasteiger partial charge in [0.2, 0.25) is 27.7 Å². The normalized spacial score (nSPS) is 16.1. The molecule has 1 aliphatic rings. The second-order valence-electron chi connectivity index (χ2n) is 9.11. The standard InChI is InChI=1S/C27H30N4O5S2/c28-38(35,36)23-10-8-20(9-11-23)12-14-29-25(32)17-24-27(34)30(18-21-5-2-1-3-6-21)19-26(33)31(24)15-13-22-7-4-16-37-22/h1-11,16,24H,12-15,17-19H2,(H,29,32)(H2,28,35,36). The first-order chi connectivity index (χ1) is 18.2. The van der Waals surface area contributed by atoms with Gasteiger partial charge in [-0.1, -0.05) is 48.5 Å². The van der Waals surface area contributed by atoms with Crippen molar-refractivity contribution in [2.24, 2.45) is 5.14 Å². The van der Waals surface area contributed by atoms with Gasteiger partial charge in [0.25, 0.3) is 0 Å². The molecule has 2 aromatic carbocycles. The van der Waals surface area contributed by atoms with E-state index < -0.39 is 16.1 Å². The van der Waals surface area contributed by atoms with Crippen molar-refractivity contribution >= 4 is 39.1 Å². The van der Waals surface area contributed by atoms with Crippen LogP contribution in [0.15, 0.2) is 77.0 Å². The Morgan fingerprint density at radius 1 is 0.974 bits per heavy atom. The molecule has 3 amide bonds. The molecule has 0 saturated carbocycles. The van der Waals surface area contributed by atoms with Gasteiger partial charge in [0.05, 0.1) is 11.3 Å². The lowest BCUT2D eigenvalue weighted by atomic mass is 10.0. The number of hydrogen-bond donors (Lipinski definition) is 2. The molecule has 0 radical (unpaired) electrons. The topological polar surface area (TPSA) is 130 Å². The SMILES string of the molecule is NS(=O)(=O)c1ccc(CCNC(=O)CC2C(=O)N(Cc3ccccc3)CC(=O)N2CCc2cccs2)cc1. The molecule has 0 aliphatic carbocycles. The average molecular weight is 555 g/mol. The summed E-state index contributed by atoms with van der Waals surface area (Å²) in [6.45, 7) is 0.936. The number of hydrogen-bond acceptors (Lipinski definition) is 6. The number of rotatable bonds is 11. The molecule has 1 fully saturated rings. The van der Waals surface area contributed by atoms with Crippen molar-refractivity contribution in [3.05, 3.63) is 88.1 Å². The summed E-state index contributed by atoms with van der Waals surface area (Å²) in [4.78, 5) is 43.7. The number of thiophene rings is 1. The van der Waals surface area contributed by atoms with Crippen LogP contribution in [0.2, 0.25) is 0 Å². The van der Waals surface area contributed by atoms with Crippen LogP contribution in [0, 0.1) is 0 Å². The van der Waals surface area contributed by atoms with Crippen molar-refractivity contribution in [3.8, 4) is 0 Å². The molecule has 1 atom stereocenters. The quantitative estimate of drug-likeness (QED) is 0.374. The molecule has 3 N–H and O–H groups in total. The Hall–Kier alpha value is -3.54. The van der Waals surface area contributed by atoms with Gasteiger partial charge in [0, 0.05) is 24.5 Å². The Kier molecular flexibility index (Phi) is 8.93. The lowest BCUT2D eigenvalue weighted by Gasteiger charge is -2.40. The first-order valence-corrected chi connectivity index (χ1v) is 14.7. The van der Waals surface area contributed by atoms with Crippen LogP contribution in [-0.4, -0.2) is 61.6 Å². The molecule has 1 aliphatic heterocycles. The van der Waals surface area contributed by atoms with Crippen LogP contribution in [0.25, 0.3) is 0 Å². The minimum Gasteiger partial charge on any atom is -0.356 e. The number of sulfonamides is 1. The fourth-order valence-electron chi connectivity index (χ4n) is 4.39. The summed E-state index contributed by atoms with van der Waals surface area (Å²) in [5.74, 6) is -0.752. The molecule has 2 heterocycles. The van der Waals surface area contributed by atoms with Gasteiger partial charge in [-0.3, -0.25) is 14.4 Å². The van der Waals surface area contributed by atoms with Crippen molar-refractivity contribution in [1.29, 1.82) is 0 Å². The fourth-order valence-corrected chi connectivity index (χ4v) is 5.60. The summed E-state index contributed by atoms with van der Waals surface area (Å²) in [6, 6.07) is 18.6. The molecule has 1 aromatic heterocycles. The third kappa shape index (κ3) is 7.27. The third-order valence-electron chi connectivity index (χ3n) is 6.38. The average Bonchev–Trinajstić information content (AvgIpc) is 3.41. The van der Waals surface area contributed by atoms with Gasteiger partial charge in [-0.15, -0.1) is 11.3 Å². The highest BCUT2D eigenvalue weighted by Gasteiger charge is 2.40. The van der Waals surface area contributed by atoms with Gasteiger partial charge in [0.1, 0.15) is 12.6 Å². The second-order valence-corrected chi connectivity index (χ2v) is 11.7. The number of amides is 3. The predicted octanol–water partition coefficient (Wildman–Crippen LogP) is 1.93. The second kappa shape index (κ2) is 12.3. The first kappa shape index (κ1) is 27.5. The summed E-state index contributed by atoms with van der Waals surface area (Å²) >= 11 is 1.59. The maximum atomic E-state index is 13.5. The molecule has 0 bridgehead atoms. The van der Waals surface area contributed by atoms with Crippen LogP contribution in [0.4, 0.5) is 0 Å². The highest BCUT2D eigenvalue weighted by Crippen LogP contribution is 2.20. The van der Waals surface area contributed by atoms with Gasteiger partial charge in [-0.2, -0.15) is 0 Å². The molecule has 3 aromatic rings. The van der Waals surface area contributed by atoms with E-state index in [9.17, 15) is 22.8 Å². The summed E-state index contributed by atoms with van der Waals surface area (Å²) in [7, 11) is -3.77. The minimum atomic E-state index is -3.77. The zero-order chi connectivity index (χ0) is 27.1. The smallest absolute Gasteiger partial charge is 0.246 e. The van der Waals surface area contributed by atoms with Gasteiger partial charge >= 0.3 is 0 Å². The molecule has 0 spiro atoms. The molecule has 4 rings (SSSR count). The number of nitrogens with zero attached hydrogens (tertiary/aromatic N) is 2. The largest absolute Gasteiger partial charge is 0.356 e. The Morgan fingerprint density at radius 3 is 2.37 bits per heavy atom. The summed E-state index contributed by atoms with van der Waals surface area (Å²) in [5, 5.41) is 9.92. The lowest BCUT2D eigenvalue weighted by molar-refractivity contribution is -0.157. The molecule has 11 heteroatoms. The lowest BCUT2D eigenvalue weighted by Crippen LogP contribution is -2.60. The van der Waals surface area contributed by atoms with Gasteiger partial charge in [0.15, 0.2) is 0 Å².